The van der Waals surface area contributed by atoms with Crippen LogP contribution in [0.15, 0.2) is 82.5 Å². The van der Waals surface area contributed by atoms with Crippen molar-refractivity contribution in [1.29, 1.82) is 0 Å². The molecular formula is C29H29N5O22S6. The van der Waals surface area contributed by atoms with Gasteiger partial charge in [0.15, 0.2) is 37.7 Å². The first-order valence-electron chi connectivity index (χ1n) is 15.9. The normalized spacial score (nSPS) is 12.8. The lowest BCUT2D eigenvalue weighted by Gasteiger charge is -2.14. The second kappa shape index (κ2) is 20.7. The second-order valence-corrected chi connectivity index (χ2v) is 19.5. The number of phenols is 1. The minimum absolute atomic E-state index is 0.109. The van der Waals surface area contributed by atoms with Crippen LogP contribution in [0.1, 0.15) is 15.9 Å². The van der Waals surface area contributed by atoms with Crippen LogP contribution in [-0.2, 0) is 67.3 Å². The Labute approximate surface area is 357 Å². The van der Waals surface area contributed by atoms with Crippen LogP contribution in [0, 0.1) is 6.92 Å². The number of nitrogen functional groups attached to an aromatic ring is 1. The molecule has 0 aliphatic carbocycles. The van der Waals surface area contributed by atoms with E-state index in [0.717, 1.165) is 30.3 Å². The zero-order chi connectivity index (χ0) is 46.2. The summed E-state index contributed by atoms with van der Waals surface area (Å²) in [5.74, 6) is -4.38. The van der Waals surface area contributed by atoms with Crippen LogP contribution in [0.4, 0.5) is 28.4 Å². The Hall–Kier alpha value is -4.69. The van der Waals surface area contributed by atoms with Crippen LogP contribution < -0.4 is 10.5 Å². The minimum Gasteiger partial charge on any atom is -0.505 e. The number of benzene rings is 4. The molecule has 4 aromatic carbocycles. The van der Waals surface area contributed by atoms with Crippen LogP contribution in [0.5, 0.6) is 11.5 Å². The van der Waals surface area contributed by atoms with Crippen molar-refractivity contribution in [3.8, 4) is 11.5 Å². The maximum Gasteiger partial charge on any atom is 0.397 e. The lowest BCUT2D eigenvalue weighted by Crippen LogP contribution is -2.16. The molecule has 0 aromatic heterocycles. The molecule has 27 nitrogen and oxygen atoms in total. The van der Waals surface area contributed by atoms with Gasteiger partial charge in [0, 0.05) is 6.07 Å². The van der Waals surface area contributed by atoms with Crippen LogP contribution in [0.2, 0.25) is 0 Å². The van der Waals surface area contributed by atoms with Gasteiger partial charge in [0.2, 0.25) is 0 Å². The van der Waals surface area contributed by atoms with E-state index in [9.17, 15) is 53.2 Å². The number of carboxylic acid groups (broad SMARTS) is 1. The molecule has 0 heterocycles. The number of methoxy groups -OCH3 is 1. The number of hydrogen-bond donors (Lipinski definition) is 7. The number of rotatable bonds is 22. The van der Waals surface area contributed by atoms with E-state index >= 15 is 0 Å². The molecule has 0 unspecified atom stereocenters. The van der Waals surface area contributed by atoms with Crippen molar-refractivity contribution < 1.29 is 100 Å². The van der Waals surface area contributed by atoms with Gasteiger partial charge in [-0.25, -0.2) is 36.3 Å². The van der Waals surface area contributed by atoms with Gasteiger partial charge in [-0.2, -0.15) is 16.8 Å². The Morgan fingerprint density at radius 3 is 2.05 bits per heavy atom. The van der Waals surface area contributed by atoms with E-state index in [1.54, 1.807) is 0 Å². The summed E-state index contributed by atoms with van der Waals surface area (Å²) in [7, 11) is -17.6. The maximum atomic E-state index is 13.0. The number of nitrogens with two attached hydrogens (primary N) is 1. The minimum atomic E-state index is -5.27. The number of fused-ring (bicyclic) bond motifs is 1. The molecular weight excluding hydrogens is 963 g/mol. The van der Waals surface area contributed by atoms with Crippen LogP contribution >= 0.6 is 24.4 Å². The number of carbonyl (C=O) groups is 1. The third-order valence-electron chi connectivity index (χ3n) is 7.76. The molecule has 0 bridgehead atoms. The van der Waals surface area contributed by atoms with E-state index in [0.29, 0.717) is 6.07 Å². The molecule has 0 atom stereocenters. The Morgan fingerprint density at radius 1 is 0.790 bits per heavy atom. The summed E-state index contributed by atoms with van der Waals surface area (Å²) in [6.45, 7) is -0.0182. The van der Waals surface area contributed by atoms with Gasteiger partial charge in [-0.05, 0) is 54.3 Å². The average molecular weight is 992 g/mol. The van der Waals surface area contributed by atoms with Gasteiger partial charge in [0.1, 0.15) is 33.4 Å². The molecule has 0 aliphatic heterocycles. The molecule has 0 saturated carbocycles. The maximum absolute atomic E-state index is 13.0. The number of azo groups is 2. The summed E-state index contributed by atoms with van der Waals surface area (Å²) >= 11 is 0.378. The lowest BCUT2D eigenvalue weighted by molar-refractivity contribution is -0.434. The van der Waals surface area contributed by atoms with Crippen molar-refractivity contribution in [2.45, 2.75) is 26.5 Å². The number of anilines is 1. The Bertz CT molecular complexity index is 2880. The fourth-order valence-electron chi connectivity index (χ4n) is 5.12. The quantitative estimate of drug-likeness (QED) is 0.0103. The van der Waals surface area contributed by atoms with Crippen molar-refractivity contribution in [3.63, 3.8) is 0 Å². The summed E-state index contributed by atoms with van der Waals surface area (Å²) in [5.41, 5.74) is 2.79. The average Bonchev–Trinajstić information content (AvgIpc) is 3.17. The third-order valence-corrected chi connectivity index (χ3v) is 13.6. The first-order chi connectivity index (χ1) is 28.9. The molecule has 0 amide bonds. The van der Waals surface area contributed by atoms with Crippen molar-refractivity contribution in [2.75, 3.05) is 37.6 Å². The van der Waals surface area contributed by atoms with Crippen molar-refractivity contribution in [2.24, 2.45) is 20.5 Å². The number of phenolic OH excluding ortho intramolecular Hbond substituents is 1. The highest BCUT2D eigenvalue weighted by Crippen LogP contribution is 2.50. The Morgan fingerprint density at radius 2 is 1.44 bits per heavy atom. The predicted molar refractivity (Wildman–Crippen MR) is 210 cm³/mol. The molecule has 0 saturated heterocycles. The zero-order valence-corrected chi connectivity index (χ0v) is 35.8. The first-order valence-corrected chi connectivity index (χ1v) is 23.4. The molecule has 0 radical (unpaired) electrons. The molecule has 33 heteroatoms. The number of carboxylic acids is 1. The molecule has 0 aliphatic rings. The monoisotopic (exact) mass is 991 g/mol. The SMILES string of the molecule is COc1cc(S(=O)(=O)CCOSOOO)c(C)cc1N=Nc1c(SOOO)cc2cc(S(=O)(=O)O)c(N=Nc3ccc(S(=O)(=O)CCOS(=O)(=O)O)cc3C(=O)O)c(N)c2c1O. The van der Waals surface area contributed by atoms with Crippen molar-refractivity contribution in [1.82, 2.24) is 0 Å². The van der Waals surface area contributed by atoms with E-state index in [1.165, 1.54) is 20.1 Å². The smallest absolute Gasteiger partial charge is 0.397 e. The summed E-state index contributed by atoms with van der Waals surface area (Å²) in [5, 5.41) is 60.1. The van der Waals surface area contributed by atoms with Gasteiger partial charge in [-0.15, -0.1) is 29.1 Å². The largest absolute Gasteiger partial charge is 0.505 e. The highest BCUT2D eigenvalue weighted by Gasteiger charge is 2.27. The summed E-state index contributed by atoms with van der Waals surface area (Å²) in [6, 6.07) is 6.48. The van der Waals surface area contributed by atoms with Gasteiger partial charge < -0.3 is 20.7 Å². The van der Waals surface area contributed by atoms with Gasteiger partial charge in [0.25, 0.3) is 10.1 Å². The van der Waals surface area contributed by atoms with E-state index in [2.05, 4.69) is 43.4 Å². The zero-order valence-electron chi connectivity index (χ0n) is 30.9. The second-order valence-electron chi connectivity index (χ2n) is 11.6. The Kier molecular flexibility index (Phi) is 16.6. The number of aromatic hydroxyl groups is 1. The van der Waals surface area contributed by atoms with Crippen LogP contribution in [0.25, 0.3) is 10.8 Å². The number of hydrogen-bond acceptors (Lipinski definition) is 26. The van der Waals surface area contributed by atoms with E-state index in [4.69, 9.17) is 29.7 Å². The highest BCUT2D eigenvalue weighted by molar-refractivity contribution is 7.94. The van der Waals surface area contributed by atoms with Crippen LogP contribution in [-0.4, -0.2) is 101 Å². The first kappa shape index (κ1) is 50.0. The molecule has 4 rings (SSSR count). The number of aromatic carboxylic acids is 1. The highest BCUT2D eigenvalue weighted by atomic mass is 32.3. The molecule has 0 spiro atoms. The van der Waals surface area contributed by atoms with E-state index in [1.807, 2.05) is 0 Å². The molecule has 62 heavy (non-hydrogen) atoms. The predicted octanol–water partition coefficient (Wildman–Crippen LogP) is 5.02. The molecule has 8 N–H and O–H groups in total. The van der Waals surface area contributed by atoms with Gasteiger partial charge in [-0.3, -0.25) is 13.3 Å². The number of nitrogens with zero attached hydrogens (tertiary/aromatic N) is 4. The standard InChI is InChI=1S/C29H29N5O22S6/c1-14-9-19(20(50-2)13-22(14)60(42,43)7-5-51-58-56-54-39)32-33-26-21(57-55-53-38)10-15-11-23(61(44,45)46)27(25(30)24(15)28(26)35)34-31-18-4-3-16(12-17(18)29(36)37)59(40,41)8-6-52-62(47,48)49/h3-4,9-13,35,38-39H,5-8,30H2,1-2H3,(H,36,37)(H,44,45,46)(H,47,48,49). The molecule has 4 aromatic rings. The number of ether oxygens (including phenoxy) is 1. The summed E-state index contributed by atoms with van der Waals surface area (Å²) < 4.78 is 140. The fourth-order valence-corrected chi connectivity index (χ4v) is 9.47. The van der Waals surface area contributed by atoms with Gasteiger partial charge >= 0.3 is 16.4 Å². The topological polar surface area (TPSA) is 415 Å². The van der Waals surface area contributed by atoms with Crippen LogP contribution in [0.3, 0.4) is 0 Å². The van der Waals surface area contributed by atoms with E-state index in [-0.39, 0.29) is 56.5 Å². The lowest BCUT2D eigenvalue weighted by atomic mass is 10.1. The molecule has 0 fully saturated rings. The number of sulfone groups is 2. The summed E-state index contributed by atoms with van der Waals surface area (Å²) in [6.07, 6.45) is 0. The molecule has 338 valence electrons. The fraction of sp³-hybridized carbons (Fsp3) is 0.207. The summed E-state index contributed by atoms with van der Waals surface area (Å²) in [4.78, 5) is 9.96. The number of aryl methyl sites for hydroxylation is 1. The van der Waals surface area contributed by atoms with Gasteiger partial charge in [-0.1, -0.05) is 10.1 Å². The van der Waals surface area contributed by atoms with Crippen molar-refractivity contribution in [3.05, 3.63) is 53.6 Å². The third kappa shape index (κ3) is 12.5. The Balaban J connectivity index is 1.85. The van der Waals surface area contributed by atoms with E-state index < -0.39 is 120 Å². The van der Waals surface area contributed by atoms with Gasteiger partial charge in [0.05, 0.1) is 75.2 Å². The van der Waals surface area contributed by atoms with Crippen molar-refractivity contribution >= 4 is 110 Å².